The molecule has 0 unspecified atom stereocenters. The van der Waals surface area contributed by atoms with Crippen LogP contribution < -0.4 is 0 Å². The number of fused-ring (bicyclic) bond motifs is 1. The number of rotatable bonds is 5. The Morgan fingerprint density at radius 2 is 2.17 bits per heavy atom. The summed E-state index contributed by atoms with van der Waals surface area (Å²) in [5, 5.41) is 0. The molecule has 23 heavy (non-hydrogen) atoms. The Hall–Kier alpha value is -2.51. The SMILES string of the molecule is C#CCN(Cc1ccco1)C(=O)C[C@@H]1OCCc2ccccc21. The zero-order valence-electron chi connectivity index (χ0n) is 12.9. The summed E-state index contributed by atoms with van der Waals surface area (Å²) < 4.78 is 11.1. The smallest absolute Gasteiger partial charge is 0.226 e. The molecule has 3 rings (SSSR count). The molecule has 1 aliphatic rings. The molecular weight excluding hydrogens is 290 g/mol. The fourth-order valence-corrected chi connectivity index (χ4v) is 2.87. The van der Waals surface area contributed by atoms with E-state index in [2.05, 4.69) is 12.0 Å². The summed E-state index contributed by atoms with van der Waals surface area (Å²) in [6.45, 7) is 1.28. The fourth-order valence-electron chi connectivity index (χ4n) is 2.87. The number of nitrogens with zero attached hydrogens (tertiary/aromatic N) is 1. The molecule has 1 aromatic heterocycles. The summed E-state index contributed by atoms with van der Waals surface area (Å²) in [5.41, 5.74) is 2.36. The van der Waals surface area contributed by atoms with Crippen molar-refractivity contribution in [3.8, 4) is 12.3 Å². The predicted octanol–water partition coefficient (Wildman–Crippen LogP) is 2.95. The van der Waals surface area contributed by atoms with E-state index in [4.69, 9.17) is 15.6 Å². The maximum absolute atomic E-state index is 12.6. The van der Waals surface area contributed by atoms with Gasteiger partial charge in [0.2, 0.25) is 5.91 Å². The van der Waals surface area contributed by atoms with E-state index in [0.29, 0.717) is 19.6 Å². The van der Waals surface area contributed by atoms with Gasteiger partial charge in [0, 0.05) is 0 Å². The average molecular weight is 309 g/mol. The molecule has 2 heterocycles. The van der Waals surface area contributed by atoms with Crippen LogP contribution in [0.15, 0.2) is 47.1 Å². The van der Waals surface area contributed by atoms with E-state index in [0.717, 1.165) is 17.7 Å². The van der Waals surface area contributed by atoms with E-state index in [-0.39, 0.29) is 18.6 Å². The zero-order valence-corrected chi connectivity index (χ0v) is 12.9. The first-order chi connectivity index (χ1) is 11.3. The molecule has 0 radical (unpaired) electrons. The molecule has 1 atom stereocenters. The van der Waals surface area contributed by atoms with Gasteiger partial charge >= 0.3 is 0 Å². The van der Waals surface area contributed by atoms with Crippen molar-refractivity contribution < 1.29 is 13.9 Å². The standard InChI is InChI=1S/C19H19NO3/c1-2-10-20(14-16-7-5-11-22-16)19(21)13-18-17-8-4-3-6-15(17)9-12-23-18/h1,3-8,11,18H,9-10,12-14H2/t18-/m0/s1. The van der Waals surface area contributed by atoms with Crippen molar-refractivity contribution in [3.63, 3.8) is 0 Å². The third-order valence-electron chi connectivity index (χ3n) is 4.01. The van der Waals surface area contributed by atoms with Gasteiger partial charge in [0.15, 0.2) is 0 Å². The molecule has 1 amide bonds. The van der Waals surface area contributed by atoms with Crippen LogP contribution in [0.1, 0.15) is 29.4 Å². The van der Waals surface area contributed by atoms with Gasteiger partial charge in [-0.2, -0.15) is 0 Å². The second-order valence-electron chi connectivity index (χ2n) is 5.55. The minimum Gasteiger partial charge on any atom is -0.467 e. The third-order valence-corrected chi connectivity index (χ3v) is 4.01. The van der Waals surface area contributed by atoms with Gasteiger partial charge in [0.25, 0.3) is 0 Å². The molecule has 0 saturated heterocycles. The maximum Gasteiger partial charge on any atom is 0.226 e. The zero-order chi connectivity index (χ0) is 16.1. The van der Waals surface area contributed by atoms with E-state index in [1.165, 1.54) is 5.56 Å². The molecule has 118 valence electrons. The quantitative estimate of drug-likeness (QED) is 0.798. The first-order valence-electron chi connectivity index (χ1n) is 7.71. The number of benzene rings is 1. The van der Waals surface area contributed by atoms with E-state index in [1.807, 2.05) is 24.3 Å². The topological polar surface area (TPSA) is 42.7 Å². The average Bonchev–Trinajstić information content (AvgIpc) is 3.08. The molecular formula is C19H19NO3. The highest BCUT2D eigenvalue weighted by atomic mass is 16.5. The molecule has 4 heteroatoms. The van der Waals surface area contributed by atoms with E-state index >= 15 is 0 Å². The van der Waals surface area contributed by atoms with Gasteiger partial charge in [-0.15, -0.1) is 6.42 Å². The largest absolute Gasteiger partial charge is 0.467 e. The lowest BCUT2D eigenvalue weighted by Crippen LogP contribution is -2.33. The second-order valence-corrected chi connectivity index (χ2v) is 5.55. The summed E-state index contributed by atoms with van der Waals surface area (Å²) in [4.78, 5) is 14.3. The van der Waals surface area contributed by atoms with Crippen LogP contribution in [0.5, 0.6) is 0 Å². The number of carbonyl (C=O) groups is 1. The number of carbonyl (C=O) groups excluding carboxylic acids is 1. The number of hydrogen-bond acceptors (Lipinski definition) is 3. The Kier molecular flexibility index (Phi) is 4.80. The summed E-state index contributed by atoms with van der Waals surface area (Å²) >= 11 is 0. The Bertz CT molecular complexity index is 700. The van der Waals surface area contributed by atoms with Crippen molar-refractivity contribution in [3.05, 3.63) is 59.5 Å². The molecule has 0 N–H and O–H groups in total. The van der Waals surface area contributed by atoms with Crippen LogP contribution in [0.4, 0.5) is 0 Å². The maximum atomic E-state index is 12.6. The van der Waals surface area contributed by atoms with Crippen LogP contribution in [-0.2, 0) is 22.5 Å². The minimum absolute atomic E-state index is 0.0268. The van der Waals surface area contributed by atoms with Gasteiger partial charge < -0.3 is 14.1 Å². The van der Waals surface area contributed by atoms with Gasteiger partial charge in [-0.1, -0.05) is 30.2 Å². The highest BCUT2D eigenvalue weighted by molar-refractivity contribution is 5.77. The van der Waals surface area contributed by atoms with Crippen LogP contribution in [-0.4, -0.2) is 24.0 Å². The monoisotopic (exact) mass is 309 g/mol. The number of amides is 1. The molecule has 0 bridgehead atoms. The van der Waals surface area contributed by atoms with Crippen LogP contribution in [0.25, 0.3) is 0 Å². The first kappa shape index (κ1) is 15.4. The van der Waals surface area contributed by atoms with Crippen molar-refractivity contribution >= 4 is 5.91 Å². The Morgan fingerprint density at radius 3 is 2.96 bits per heavy atom. The van der Waals surface area contributed by atoms with Crippen LogP contribution in [0.3, 0.4) is 0 Å². The third kappa shape index (κ3) is 3.64. The summed E-state index contributed by atoms with van der Waals surface area (Å²) in [7, 11) is 0. The van der Waals surface area contributed by atoms with Gasteiger partial charge in [-0.05, 0) is 29.7 Å². The summed E-state index contributed by atoms with van der Waals surface area (Å²) in [6.07, 6.45) is 7.97. The first-order valence-corrected chi connectivity index (χ1v) is 7.71. The highest BCUT2D eigenvalue weighted by Gasteiger charge is 2.25. The van der Waals surface area contributed by atoms with Gasteiger partial charge in [-0.3, -0.25) is 4.79 Å². The number of terminal acetylenes is 1. The lowest BCUT2D eigenvalue weighted by Gasteiger charge is -2.28. The molecule has 0 spiro atoms. The van der Waals surface area contributed by atoms with Crippen molar-refractivity contribution in [1.82, 2.24) is 4.90 Å². The second kappa shape index (κ2) is 7.17. The minimum atomic E-state index is -0.204. The van der Waals surface area contributed by atoms with Gasteiger partial charge in [0.05, 0.1) is 38.5 Å². The van der Waals surface area contributed by atoms with E-state index < -0.39 is 0 Å². The van der Waals surface area contributed by atoms with Crippen LogP contribution in [0, 0.1) is 12.3 Å². The Morgan fingerprint density at radius 1 is 1.30 bits per heavy atom. The highest BCUT2D eigenvalue weighted by Crippen LogP contribution is 2.30. The van der Waals surface area contributed by atoms with E-state index in [9.17, 15) is 4.79 Å². The molecule has 4 nitrogen and oxygen atoms in total. The number of hydrogen-bond donors (Lipinski definition) is 0. The van der Waals surface area contributed by atoms with Crippen molar-refractivity contribution in [2.75, 3.05) is 13.2 Å². The predicted molar refractivity (Wildman–Crippen MR) is 86.4 cm³/mol. The lowest BCUT2D eigenvalue weighted by atomic mass is 9.95. The molecule has 0 saturated carbocycles. The van der Waals surface area contributed by atoms with Crippen molar-refractivity contribution in [1.29, 1.82) is 0 Å². The van der Waals surface area contributed by atoms with Crippen LogP contribution in [0.2, 0.25) is 0 Å². The van der Waals surface area contributed by atoms with E-state index in [1.54, 1.807) is 17.2 Å². The summed E-state index contributed by atoms with van der Waals surface area (Å²) in [5.74, 6) is 3.23. The lowest BCUT2D eigenvalue weighted by molar-refractivity contribution is -0.134. The molecule has 0 aliphatic carbocycles. The molecule has 2 aromatic rings. The molecule has 0 fully saturated rings. The number of ether oxygens (including phenoxy) is 1. The normalized spacial score (nSPS) is 16.4. The summed E-state index contributed by atoms with van der Waals surface area (Å²) in [6, 6.07) is 11.8. The number of furan rings is 1. The Balaban J connectivity index is 1.71. The van der Waals surface area contributed by atoms with Crippen LogP contribution >= 0.6 is 0 Å². The Labute approximate surface area is 136 Å². The van der Waals surface area contributed by atoms with Crippen molar-refractivity contribution in [2.24, 2.45) is 0 Å². The van der Waals surface area contributed by atoms with Crippen molar-refractivity contribution in [2.45, 2.75) is 25.5 Å². The molecule has 1 aromatic carbocycles. The fraction of sp³-hybridized carbons (Fsp3) is 0.316. The van der Waals surface area contributed by atoms with Gasteiger partial charge in [0.1, 0.15) is 5.76 Å². The van der Waals surface area contributed by atoms with Gasteiger partial charge in [-0.25, -0.2) is 0 Å². The molecule has 1 aliphatic heterocycles.